The van der Waals surface area contributed by atoms with Gasteiger partial charge < -0.3 is 0 Å². The van der Waals surface area contributed by atoms with Crippen molar-refractivity contribution in [3.63, 3.8) is 0 Å². The highest BCUT2D eigenvalue weighted by Crippen LogP contribution is 2.19. The summed E-state index contributed by atoms with van der Waals surface area (Å²) in [5.41, 5.74) is 7.54. The summed E-state index contributed by atoms with van der Waals surface area (Å²) in [5, 5.41) is 0. The molecule has 2 rings (SSSR count). The van der Waals surface area contributed by atoms with E-state index >= 15 is 0 Å². The molecule has 0 heterocycles. The number of hydrogen-bond acceptors (Lipinski definition) is 4. The van der Waals surface area contributed by atoms with E-state index in [1.54, 1.807) is 12.2 Å². The van der Waals surface area contributed by atoms with Crippen LogP contribution in [0.4, 0.5) is 0 Å². The van der Waals surface area contributed by atoms with E-state index < -0.39 is 0 Å². The molecule has 0 aliphatic heterocycles. The summed E-state index contributed by atoms with van der Waals surface area (Å²) in [5.74, 6) is 0. The van der Waals surface area contributed by atoms with Crippen molar-refractivity contribution < 1.29 is 9.59 Å². The molecule has 0 N–H and O–H groups in total. The van der Waals surface area contributed by atoms with Crippen molar-refractivity contribution in [2.24, 2.45) is 9.98 Å². The van der Waals surface area contributed by atoms with Gasteiger partial charge in [0.05, 0.1) is 13.1 Å². The van der Waals surface area contributed by atoms with Crippen LogP contribution in [0.3, 0.4) is 0 Å². The Morgan fingerprint density at radius 2 is 1.00 bits per heavy atom. The van der Waals surface area contributed by atoms with Crippen molar-refractivity contribution in [2.45, 2.75) is 46.0 Å². The fraction of sp³-hybridized carbons (Fsp3) is 0.391. The molecule has 140 valence electrons. The lowest BCUT2D eigenvalue weighted by Crippen LogP contribution is -1.99. The molecule has 0 spiro atoms. The van der Waals surface area contributed by atoms with Gasteiger partial charge in [-0.1, -0.05) is 50.2 Å². The number of aryl methyl sites for hydroxylation is 2. The summed E-state index contributed by atoms with van der Waals surface area (Å²) >= 11 is 0. The maximum absolute atomic E-state index is 10.3. The first-order valence-electron chi connectivity index (χ1n) is 9.49. The molecule has 0 aliphatic carbocycles. The fourth-order valence-corrected chi connectivity index (χ4v) is 3.28. The van der Waals surface area contributed by atoms with E-state index in [4.69, 9.17) is 0 Å². The fourth-order valence-electron chi connectivity index (χ4n) is 3.28. The molecular weight excluding hydrogens is 336 g/mol. The molecule has 0 unspecified atom stereocenters. The number of benzene rings is 2. The highest BCUT2D eigenvalue weighted by molar-refractivity contribution is 5.38. The number of isocyanates is 2. The molecule has 0 atom stereocenters. The number of carbonyl (C=O) groups excluding carboxylic acids is 2. The maximum Gasteiger partial charge on any atom is 0.234 e. The van der Waals surface area contributed by atoms with Crippen LogP contribution in [0.1, 0.15) is 47.2 Å². The van der Waals surface area contributed by atoms with Crippen LogP contribution in [-0.4, -0.2) is 25.2 Å². The molecule has 0 radical (unpaired) electrons. The lowest BCUT2D eigenvalue weighted by molar-refractivity contribution is 0.562. The first kappa shape index (κ1) is 20.5. The molecule has 0 saturated carbocycles. The zero-order chi connectivity index (χ0) is 19.5. The predicted octanol–water partition coefficient (Wildman–Crippen LogP) is 4.16. The SMILES string of the molecule is CCc1cc(CCN=C=O)cc(Cc2cc(CC)cc(CCN=C=O)c2)c1. The minimum Gasteiger partial charge on any atom is -0.211 e. The third kappa shape index (κ3) is 6.79. The zero-order valence-corrected chi connectivity index (χ0v) is 16.1. The van der Waals surface area contributed by atoms with Crippen LogP contribution in [0.25, 0.3) is 0 Å². The van der Waals surface area contributed by atoms with E-state index in [0.717, 1.165) is 32.1 Å². The normalized spacial score (nSPS) is 10.1. The second kappa shape index (κ2) is 11.0. The van der Waals surface area contributed by atoms with Crippen LogP contribution in [0.15, 0.2) is 46.4 Å². The van der Waals surface area contributed by atoms with Crippen molar-refractivity contribution >= 4 is 12.2 Å². The lowest BCUT2D eigenvalue weighted by atomic mass is 9.94. The van der Waals surface area contributed by atoms with Crippen molar-refractivity contribution in [1.29, 1.82) is 0 Å². The smallest absolute Gasteiger partial charge is 0.211 e. The summed E-state index contributed by atoms with van der Waals surface area (Å²) in [7, 11) is 0. The van der Waals surface area contributed by atoms with Crippen LogP contribution >= 0.6 is 0 Å². The Balaban J connectivity index is 2.25. The molecule has 0 saturated heterocycles. The van der Waals surface area contributed by atoms with E-state index in [1.807, 2.05) is 0 Å². The largest absolute Gasteiger partial charge is 0.234 e. The van der Waals surface area contributed by atoms with Crippen LogP contribution in [0.5, 0.6) is 0 Å². The molecule has 0 bridgehead atoms. The summed E-state index contributed by atoms with van der Waals surface area (Å²) in [4.78, 5) is 27.9. The Bertz CT molecular complexity index is 789. The van der Waals surface area contributed by atoms with Gasteiger partial charge in [-0.2, -0.15) is 0 Å². The molecule has 2 aromatic carbocycles. The van der Waals surface area contributed by atoms with Gasteiger partial charge in [-0.25, -0.2) is 19.6 Å². The Morgan fingerprint density at radius 3 is 1.37 bits per heavy atom. The number of aliphatic imine (C=N–C) groups is 2. The van der Waals surface area contributed by atoms with Crippen molar-refractivity contribution in [3.8, 4) is 0 Å². The first-order chi connectivity index (χ1) is 13.2. The van der Waals surface area contributed by atoms with Crippen LogP contribution in [0, 0.1) is 0 Å². The van der Waals surface area contributed by atoms with Gasteiger partial charge in [0.2, 0.25) is 12.2 Å². The molecule has 2 aromatic rings. The summed E-state index contributed by atoms with van der Waals surface area (Å²) < 4.78 is 0. The molecule has 27 heavy (non-hydrogen) atoms. The molecule has 4 heteroatoms. The van der Waals surface area contributed by atoms with E-state index in [2.05, 4.69) is 60.2 Å². The topological polar surface area (TPSA) is 58.9 Å². The highest BCUT2D eigenvalue weighted by Gasteiger charge is 2.05. The lowest BCUT2D eigenvalue weighted by Gasteiger charge is -2.11. The highest BCUT2D eigenvalue weighted by atomic mass is 16.1. The standard InChI is InChI=1S/C23H26N2O2/c1-3-18-9-20(5-7-24-16-26)13-22(11-18)15-23-12-19(4-2)10-21(14-23)6-8-25-17-27/h9-14H,3-8,15H2,1-2H3. The molecule has 0 fully saturated rings. The number of nitrogens with zero attached hydrogens (tertiary/aromatic N) is 2. The van der Waals surface area contributed by atoms with E-state index in [-0.39, 0.29) is 0 Å². The van der Waals surface area contributed by atoms with Gasteiger partial charge in [0.1, 0.15) is 0 Å². The average Bonchev–Trinajstić information content (AvgIpc) is 2.68. The molecule has 0 aromatic heterocycles. The van der Waals surface area contributed by atoms with Crippen LogP contribution < -0.4 is 0 Å². The second-order valence-corrected chi connectivity index (χ2v) is 6.65. The Labute approximate surface area is 161 Å². The predicted molar refractivity (Wildman–Crippen MR) is 108 cm³/mol. The van der Waals surface area contributed by atoms with Gasteiger partial charge in [-0.15, -0.1) is 0 Å². The van der Waals surface area contributed by atoms with Gasteiger partial charge in [-0.05, 0) is 65.5 Å². The van der Waals surface area contributed by atoms with E-state index in [9.17, 15) is 9.59 Å². The minimum absolute atomic E-state index is 0.475. The van der Waals surface area contributed by atoms with Gasteiger partial charge in [-0.3, -0.25) is 0 Å². The Morgan fingerprint density at radius 1 is 0.630 bits per heavy atom. The molecular formula is C23H26N2O2. The third-order valence-corrected chi connectivity index (χ3v) is 4.60. The minimum atomic E-state index is 0.475. The van der Waals surface area contributed by atoms with Crippen molar-refractivity contribution in [3.05, 3.63) is 69.8 Å². The molecule has 0 aliphatic rings. The second-order valence-electron chi connectivity index (χ2n) is 6.65. The van der Waals surface area contributed by atoms with Gasteiger partial charge >= 0.3 is 0 Å². The van der Waals surface area contributed by atoms with E-state index in [0.29, 0.717) is 13.1 Å². The summed E-state index contributed by atoms with van der Waals surface area (Å²) in [6.07, 6.45) is 7.51. The van der Waals surface area contributed by atoms with Crippen LogP contribution in [-0.2, 0) is 41.7 Å². The Hall–Kier alpha value is -2.80. The first-order valence-corrected chi connectivity index (χ1v) is 9.49. The van der Waals surface area contributed by atoms with Crippen molar-refractivity contribution in [1.82, 2.24) is 0 Å². The zero-order valence-electron chi connectivity index (χ0n) is 16.1. The molecule has 4 nitrogen and oxygen atoms in total. The third-order valence-electron chi connectivity index (χ3n) is 4.60. The monoisotopic (exact) mass is 362 g/mol. The number of hydrogen-bond donors (Lipinski definition) is 0. The maximum atomic E-state index is 10.3. The Kier molecular flexibility index (Phi) is 8.38. The summed E-state index contributed by atoms with van der Waals surface area (Å²) in [6, 6.07) is 13.3. The summed E-state index contributed by atoms with van der Waals surface area (Å²) in [6.45, 7) is 5.25. The van der Waals surface area contributed by atoms with Crippen LogP contribution in [0.2, 0.25) is 0 Å². The van der Waals surface area contributed by atoms with Gasteiger partial charge in [0, 0.05) is 0 Å². The van der Waals surface area contributed by atoms with E-state index in [1.165, 1.54) is 33.4 Å². The number of rotatable bonds is 10. The van der Waals surface area contributed by atoms with Gasteiger partial charge in [0.15, 0.2) is 0 Å². The molecule has 0 amide bonds. The van der Waals surface area contributed by atoms with Crippen molar-refractivity contribution in [2.75, 3.05) is 13.1 Å². The quantitative estimate of drug-likeness (QED) is 0.471. The van der Waals surface area contributed by atoms with Gasteiger partial charge in [0.25, 0.3) is 0 Å². The average molecular weight is 362 g/mol.